The zero-order valence-electron chi connectivity index (χ0n) is 13.0. The molecule has 0 saturated heterocycles. The zero-order valence-corrected chi connectivity index (χ0v) is 14.6. The van der Waals surface area contributed by atoms with Crippen molar-refractivity contribution in [2.75, 3.05) is 12.3 Å². The lowest BCUT2D eigenvalue weighted by atomic mass is 10.1. The summed E-state index contributed by atoms with van der Waals surface area (Å²) in [7, 11) is 0. The molecule has 1 amide bonds. The van der Waals surface area contributed by atoms with Crippen LogP contribution in [0.3, 0.4) is 0 Å². The minimum absolute atomic E-state index is 0.0872. The number of carbonyl (C=O) groups is 1. The van der Waals surface area contributed by atoms with Crippen LogP contribution in [0, 0.1) is 0 Å². The van der Waals surface area contributed by atoms with E-state index in [0.717, 1.165) is 16.9 Å². The number of carbonyl (C=O) groups excluding carboxylic acids is 1. The Bertz CT molecular complexity index is 875. The SMILES string of the molecule is O=C(Cc1n[nH]c(=O)c2ccccc12)NCCSCc1ccsc1. The van der Waals surface area contributed by atoms with E-state index in [2.05, 4.69) is 32.3 Å². The number of H-pyrrole nitrogens is 1. The number of aromatic nitrogens is 2. The number of aromatic amines is 1. The first-order valence-corrected chi connectivity index (χ1v) is 9.65. The molecule has 0 spiro atoms. The van der Waals surface area contributed by atoms with E-state index in [1.54, 1.807) is 35.2 Å². The van der Waals surface area contributed by atoms with Crippen molar-refractivity contribution in [1.82, 2.24) is 15.5 Å². The zero-order chi connectivity index (χ0) is 16.8. The first-order chi connectivity index (χ1) is 11.7. The van der Waals surface area contributed by atoms with Gasteiger partial charge in [0.2, 0.25) is 5.91 Å². The van der Waals surface area contributed by atoms with Gasteiger partial charge < -0.3 is 5.32 Å². The van der Waals surface area contributed by atoms with E-state index in [4.69, 9.17) is 0 Å². The van der Waals surface area contributed by atoms with Gasteiger partial charge in [-0.15, -0.1) is 0 Å². The van der Waals surface area contributed by atoms with Gasteiger partial charge in [0.25, 0.3) is 5.56 Å². The highest BCUT2D eigenvalue weighted by molar-refractivity contribution is 7.98. The monoisotopic (exact) mass is 359 g/mol. The maximum atomic E-state index is 12.1. The van der Waals surface area contributed by atoms with E-state index in [9.17, 15) is 9.59 Å². The summed E-state index contributed by atoms with van der Waals surface area (Å²) < 4.78 is 0. The van der Waals surface area contributed by atoms with Crippen molar-refractivity contribution in [1.29, 1.82) is 0 Å². The Balaban J connectivity index is 1.50. The minimum Gasteiger partial charge on any atom is -0.355 e. The second-order valence-corrected chi connectivity index (χ2v) is 7.14. The maximum Gasteiger partial charge on any atom is 0.272 e. The number of hydrogen-bond acceptors (Lipinski definition) is 5. The molecule has 5 nitrogen and oxygen atoms in total. The molecule has 3 rings (SSSR count). The molecule has 0 atom stereocenters. The van der Waals surface area contributed by atoms with Crippen LogP contribution < -0.4 is 10.9 Å². The number of hydrogen-bond donors (Lipinski definition) is 2. The first kappa shape index (κ1) is 16.7. The average molecular weight is 359 g/mol. The van der Waals surface area contributed by atoms with Gasteiger partial charge in [-0.3, -0.25) is 9.59 Å². The van der Waals surface area contributed by atoms with Crippen LogP contribution in [0.5, 0.6) is 0 Å². The molecular weight excluding hydrogens is 342 g/mol. The predicted octanol–water partition coefficient (Wildman–Crippen LogP) is 2.58. The molecule has 2 aromatic heterocycles. The van der Waals surface area contributed by atoms with Crippen molar-refractivity contribution in [2.45, 2.75) is 12.2 Å². The van der Waals surface area contributed by atoms with Crippen LogP contribution in [0.15, 0.2) is 45.9 Å². The molecule has 124 valence electrons. The number of thiophene rings is 1. The van der Waals surface area contributed by atoms with Gasteiger partial charge >= 0.3 is 0 Å². The Morgan fingerprint density at radius 1 is 1.25 bits per heavy atom. The van der Waals surface area contributed by atoms with Crippen molar-refractivity contribution in [3.8, 4) is 0 Å². The average Bonchev–Trinajstić information content (AvgIpc) is 3.11. The van der Waals surface area contributed by atoms with E-state index >= 15 is 0 Å². The van der Waals surface area contributed by atoms with Crippen LogP contribution in [0.1, 0.15) is 11.3 Å². The fourth-order valence-electron chi connectivity index (χ4n) is 2.35. The van der Waals surface area contributed by atoms with Crippen molar-refractivity contribution in [3.63, 3.8) is 0 Å². The molecule has 0 saturated carbocycles. The van der Waals surface area contributed by atoms with E-state index in [1.165, 1.54) is 5.56 Å². The molecule has 0 fully saturated rings. The summed E-state index contributed by atoms with van der Waals surface area (Å²) in [6, 6.07) is 9.30. The fraction of sp³-hybridized carbons (Fsp3) is 0.235. The number of rotatable bonds is 7. The lowest BCUT2D eigenvalue weighted by Crippen LogP contribution is -2.28. The van der Waals surface area contributed by atoms with E-state index < -0.39 is 0 Å². The Morgan fingerprint density at radius 2 is 2.08 bits per heavy atom. The van der Waals surface area contributed by atoms with Gasteiger partial charge in [-0.2, -0.15) is 28.2 Å². The summed E-state index contributed by atoms with van der Waals surface area (Å²) in [5.74, 6) is 1.74. The van der Waals surface area contributed by atoms with E-state index in [-0.39, 0.29) is 17.9 Å². The van der Waals surface area contributed by atoms with Crippen LogP contribution in [0.2, 0.25) is 0 Å². The summed E-state index contributed by atoms with van der Waals surface area (Å²) in [5.41, 5.74) is 1.67. The predicted molar refractivity (Wildman–Crippen MR) is 99.6 cm³/mol. The quantitative estimate of drug-likeness (QED) is 0.636. The summed E-state index contributed by atoms with van der Waals surface area (Å²) in [5, 5.41) is 14.9. The number of amides is 1. The first-order valence-electron chi connectivity index (χ1n) is 7.56. The molecule has 0 aliphatic heterocycles. The molecule has 0 aliphatic rings. The van der Waals surface area contributed by atoms with Gasteiger partial charge in [-0.1, -0.05) is 18.2 Å². The van der Waals surface area contributed by atoms with Gasteiger partial charge in [0.15, 0.2) is 0 Å². The van der Waals surface area contributed by atoms with Crippen LogP contribution in [-0.4, -0.2) is 28.4 Å². The van der Waals surface area contributed by atoms with Gasteiger partial charge in [-0.25, -0.2) is 5.10 Å². The Kier molecular flexibility index (Phi) is 5.66. The van der Waals surface area contributed by atoms with Crippen molar-refractivity contribution < 1.29 is 4.79 Å². The summed E-state index contributed by atoms with van der Waals surface area (Å²) in [6.45, 7) is 0.620. The summed E-state index contributed by atoms with van der Waals surface area (Å²) in [6.07, 6.45) is 0.159. The normalized spacial score (nSPS) is 10.8. The van der Waals surface area contributed by atoms with E-state index in [1.807, 2.05) is 12.1 Å². The second kappa shape index (κ2) is 8.12. The van der Waals surface area contributed by atoms with Gasteiger partial charge in [0.05, 0.1) is 17.5 Å². The third-order valence-corrected chi connectivity index (χ3v) is 5.28. The lowest BCUT2D eigenvalue weighted by molar-refractivity contribution is -0.120. The second-order valence-electron chi connectivity index (χ2n) is 5.26. The molecular formula is C17H17N3O2S2. The number of thioether (sulfide) groups is 1. The molecule has 7 heteroatoms. The lowest BCUT2D eigenvalue weighted by Gasteiger charge is -2.06. The standard InChI is InChI=1S/C17H17N3O2S2/c21-16(18-6-8-24-11-12-5-7-23-10-12)9-15-13-3-1-2-4-14(13)17(22)20-19-15/h1-5,7,10H,6,8-9,11H2,(H,18,21)(H,20,22). The Hall–Kier alpha value is -2.12. The molecule has 1 aromatic carbocycles. The summed E-state index contributed by atoms with van der Waals surface area (Å²) in [4.78, 5) is 23.8. The molecule has 2 heterocycles. The molecule has 0 aliphatic carbocycles. The van der Waals surface area contributed by atoms with Gasteiger partial charge in [0, 0.05) is 23.4 Å². The van der Waals surface area contributed by atoms with Crippen molar-refractivity contribution in [2.24, 2.45) is 0 Å². The topological polar surface area (TPSA) is 74.8 Å². The fourth-order valence-corrected chi connectivity index (χ4v) is 3.93. The molecule has 3 aromatic rings. The van der Waals surface area contributed by atoms with Crippen LogP contribution in [-0.2, 0) is 17.0 Å². The minimum atomic E-state index is -0.236. The highest BCUT2D eigenvalue weighted by Crippen LogP contribution is 2.15. The molecule has 0 unspecified atom stereocenters. The van der Waals surface area contributed by atoms with Gasteiger partial charge in [0.1, 0.15) is 0 Å². The number of nitrogens with one attached hydrogen (secondary N) is 2. The summed E-state index contributed by atoms with van der Waals surface area (Å²) >= 11 is 3.49. The number of nitrogens with zero attached hydrogens (tertiary/aromatic N) is 1. The third kappa shape index (κ3) is 4.24. The molecule has 0 radical (unpaired) electrons. The number of benzene rings is 1. The van der Waals surface area contributed by atoms with Crippen LogP contribution in [0.25, 0.3) is 10.8 Å². The highest BCUT2D eigenvalue weighted by Gasteiger charge is 2.10. The third-order valence-electron chi connectivity index (χ3n) is 3.52. The smallest absolute Gasteiger partial charge is 0.272 e. The van der Waals surface area contributed by atoms with Crippen LogP contribution >= 0.6 is 23.1 Å². The van der Waals surface area contributed by atoms with Crippen molar-refractivity contribution >= 4 is 39.8 Å². The number of fused-ring (bicyclic) bond motifs is 1. The molecule has 2 N–H and O–H groups in total. The largest absolute Gasteiger partial charge is 0.355 e. The van der Waals surface area contributed by atoms with Crippen molar-refractivity contribution in [3.05, 3.63) is 62.7 Å². The highest BCUT2D eigenvalue weighted by atomic mass is 32.2. The molecule has 0 bridgehead atoms. The van der Waals surface area contributed by atoms with Crippen LogP contribution in [0.4, 0.5) is 0 Å². The Morgan fingerprint density at radius 3 is 2.88 bits per heavy atom. The molecule has 24 heavy (non-hydrogen) atoms. The Labute approximate surface area is 147 Å². The van der Waals surface area contributed by atoms with Gasteiger partial charge in [-0.05, 0) is 28.5 Å². The maximum absolute atomic E-state index is 12.1. The van der Waals surface area contributed by atoms with E-state index in [0.29, 0.717) is 17.6 Å².